The van der Waals surface area contributed by atoms with E-state index in [-0.39, 0.29) is 34.1 Å². The molecule has 0 aliphatic heterocycles. The van der Waals surface area contributed by atoms with Crippen molar-refractivity contribution >= 4 is 67.2 Å². The van der Waals surface area contributed by atoms with E-state index in [0.29, 0.717) is 22.7 Å². The van der Waals surface area contributed by atoms with Crippen molar-refractivity contribution in [3.63, 3.8) is 0 Å². The number of benzene rings is 2. The molecule has 13 heteroatoms. The number of nitrogens with zero attached hydrogens (tertiary/aromatic N) is 4. The Morgan fingerprint density at radius 2 is 1.86 bits per heavy atom. The number of fused-ring (bicyclic) bond motifs is 1. The van der Waals surface area contributed by atoms with E-state index in [1.165, 1.54) is 6.20 Å². The fourth-order valence-corrected chi connectivity index (χ4v) is 4.84. The van der Waals surface area contributed by atoms with Crippen LogP contribution < -0.4 is 16.0 Å². The van der Waals surface area contributed by atoms with Gasteiger partial charge in [0, 0.05) is 11.1 Å². The Hall–Kier alpha value is -3.74. The lowest BCUT2D eigenvalue weighted by Gasteiger charge is -2.15. The molecule has 4 rings (SSSR count). The number of amides is 1. The van der Waals surface area contributed by atoms with Gasteiger partial charge in [0.1, 0.15) is 5.02 Å². The van der Waals surface area contributed by atoms with Gasteiger partial charge in [-0.2, -0.15) is 10.1 Å². The molecule has 0 aliphatic rings. The predicted octanol–water partition coefficient (Wildman–Crippen LogP) is 4.18. The number of anilines is 5. The maximum absolute atomic E-state index is 12.8. The zero-order valence-electron chi connectivity index (χ0n) is 20.7. The van der Waals surface area contributed by atoms with Gasteiger partial charge in [-0.1, -0.05) is 23.7 Å². The maximum atomic E-state index is 12.8. The molecule has 4 N–H and O–H groups in total. The Labute approximate surface area is 219 Å². The van der Waals surface area contributed by atoms with Crippen LogP contribution >= 0.6 is 11.6 Å². The summed E-state index contributed by atoms with van der Waals surface area (Å²) < 4.78 is 25.6. The van der Waals surface area contributed by atoms with Crippen LogP contribution in [0.4, 0.5) is 29.0 Å². The number of hydrogen-bond acceptors (Lipinski definition) is 9. The van der Waals surface area contributed by atoms with Gasteiger partial charge in [-0.15, -0.1) is 0 Å². The number of hydrogen-bond donors (Lipinski definition) is 4. The Bertz CT molecular complexity index is 1550. The average molecular weight is 543 g/mol. The van der Waals surface area contributed by atoms with E-state index in [9.17, 15) is 13.2 Å². The minimum Gasteiger partial charge on any atom is -0.338 e. The van der Waals surface area contributed by atoms with Gasteiger partial charge >= 0.3 is 0 Å². The van der Waals surface area contributed by atoms with E-state index in [2.05, 4.69) is 36.1 Å². The molecule has 1 amide bonds. The number of nitrogens with one attached hydrogen (secondary N) is 4. The predicted molar refractivity (Wildman–Crippen MR) is 146 cm³/mol. The largest absolute Gasteiger partial charge is 0.338 e. The van der Waals surface area contributed by atoms with E-state index in [1.54, 1.807) is 55.1 Å². The first-order chi connectivity index (χ1) is 17.5. The van der Waals surface area contributed by atoms with E-state index in [0.717, 1.165) is 5.39 Å². The monoisotopic (exact) mass is 542 g/mol. The van der Waals surface area contributed by atoms with Gasteiger partial charge in [-0.25, -0.2) is 13.4 Å². The first kappa shape index (κ1) is 26.3. The molecule has 2 aromatic carbocycles. The molecule has 194 valence electrons. The molecule has 0 unspecified atom stereocenters. The van der Waals surface area contributed by atoms with Crippen molar-refractivity contribution in [1.82, 2.24) is 25.1 Å². The first-order valence-corrected chi connectivity index (χ1v) is 13.3. The van der Waals surface area contributed by atoms with Gasteiger partial charge < -0.3 is 20.9 Å². The zero-order valence-corrected chi connectivity index (χ0v) is 22.3. The van der Waals surface area contributed by atoms with Crippen molar-refractivity contribution in [2.24, 2.45) is 0 Å². The Kier molecular flexibility index (Phi) is 7.62. The van der Waals surface area contributed by atoms with E-state index in [1.807, 2.05) is 20.2 Å². The molecule has 0 spiro atoms. The molecule has 0 fully saturated rings. The number of carbonyl (C=O) groups excluding carboxylic acids is 1. The van der Waals surface area contributed by atoms with Gasteiger partial charge in [0.15, 0.2) is 21.5 Å². The normalized spacial score (nSPS) is 11.8. The molecule has 2 aromatic heterocycles. The maximum Gasteiger partial charge on any atom is 0.239 e. The van der Waals surface area contributed by atoms with Crippen LogP contribution in [0.15, 0.2) is 53.6 Å². The van der Waals surface area contributed by atoms with Crippen molar-refractivity contribution in [1.29, 1.82) is 0 Å². The molecule has 0 aliphatic carbocycles. The molecular formula is C24H27ClN8O3S. The van der Waals surface area contributed by atoms with E-state index < -0.39 is 15.1 Å². The highest BCUT2D eigenvalue weighted by Gasteiger charge is 2.23. The Morgan fingerprint density at radius 3 is 2.59 bits per heavy atom. The number of likely N-dealkylation sites (N-methyl/N-ethyl adjacent to an activating group) is 1. The average Bonchev–Trinajstić information content (AvgIpc) is 3.22. The van der Waals surface area contributed by atoms with Crippen LogP contribution in [-0.4, -0.2) is 65.3 Å². The summed E-state index contributed by atoms with van der Waals surface area (Å²) in [5, 5.41) is 16.4. The number of sulfone groups is 1. The second kappa shape index (κ2) is 10.7. The molecular weight excluding hydrogens is 516 g/mol. The smallest absolute Gasteiger partial charge is 0.239 e. The van der Waals surface area contributed by atoms with Crippen LogP contribution in [-0.2, 0) is 14.6 Å². The third-order valence-corrected chi connectivity index (χ3v) is 7.83. The SMILES string of the molecule is CC(C)S(=O)(=O)c1ccccc1Nc1nc(Nc2ccc3c(NC(=O)CN(C)C)n[nH]c3c2)ncc1Cl. The Balaban J connectivity index is 1.56. The number of rotatable bonds is 9. The van der Waals surface area contributed by atoms with Crippen LogP contribution in [0.5, 0.6) is 0 Å². The van der Waals surface area contributed by atoms with Crippen molar-refractivity contribution in [3.05, 3.63) is 53.7 Å². The molecule has 0 bridgehead atoms. The second-order valence-corrected chi connectivity index (χ2v) is 11.7. The first-order valence-electron chi connectivity index (χ1n) is 11.4. The van der Waals surface area contributed by atoms with E-state index in [4.69, 9.17) is 11.6 Å². The molecule has 0 saturated heterocycles. The zero-order chi connectivity index (χ0) is 26.7. The summed E-state index contributed by atoms with van der Waals surface area (Å²) in [6.07, 6.45) is 1.42. The third kappa shape index (κ3) is 5.98. The lowest BCUT2D eigenvalue weighted by Crippen LogP contribution is -2.27. The molecule has 0 radical (unpaired) electrons. The van der Waals surface area contributed by atoms with Crippen LogP contribution in [0.25, 0.3) is 10.9 Å². The van der Waals surface area contributed by atoms with Crippen LogP contribution in [0.2, 0.25) is 5.02 Å². The standard InChI is InChI=1S/C24H27ClN8O3S/c1-14(2)37(35,36)20-8-6-5-7-18(20)28-23-17(25)12-26-24(30-23)27-15-9-10-16-19(11-15)31-32-22(16)29-21(34)13-33(3)4/h5-12,14H,13H2,1-4H3,(H2,26,27,28,30)(H2,29,31,32,34). The number of aromatic amines is 1. The number of halogens is 1. The second-order valence-electron chi connectivity index (χ2n) is 8.85. The fourth-order valence-electron chi connectivity index (χ4n) is 3.50. The van der Waals surface area contributed by atoms with Crippen molar-refractivity contribution in [2.45, 2.75) is 24.0 Å². The van der Waals surface area contributed by atoms with Crippen LogP contribution in [0.1, 0.15) is 13.8 Å². The fraction of sp³-hybridized carbons (Fsp3) is 0.250. The number of carbonyl (C=O) groups is 1. The molecule has 11 nitrogen and oxygen atoms in total. The molecule has 2 heterocycles. The molecule has 37 heavy (non-hydrogen) atoms. The number of para-hydroxylation sites is 1. The third-order valence-electron chi connectivity index (χ3n) is 5.35. The lowest BCUT2D eigenvalue weighted by molar-refractivity contribution is -0.116. The van der Waals surface area contributed by atoms with Gasteiger partial charge in [-0.3, -0.25) is 9.89 Å². The van der Waals surface area contributed by atoms with Crippen molar-refractivity contribution in [2.75, 3.05) is 36.6 Å². The van der Waals surface area contributed by atoms with Gasteiger partial charge in [-0.05, 0) is 58.3 Å². The van der Waals surface area contributed by atoms with Crippen LogP contribution in [0, 0.1) is 0 Å². The Morgan fingerprint density at radius 1 is 1.11 bits per heavy atom. The summed E-state index contributed by atoms with van der Waals surface area (Å²) in [6, 6.07) is 12.0. The highest BCUT2D eigenvalue weighted by Crippen LogP contribution is 2.31. The van der Waals surface area contributed by atoms with Crippen LogP contribution in [0.3, 0.4) is 0 Å². The summed E-state index contributed by atoms with van der Waals surface area (Å²) in [6.45, 7) is 3.50. The molecule has 0 saturated carbocycles. The van der Waals surface area contributed by atoms with E-state index >= 15 is 0 Å². The summed E-state index contributed by atoms with van der Waals surface area (Å²) in [5.41, 5.74) is 1.73. The number of H-pyrrole nitrogens is 1. The molecule has 4 aromatic rings. The van der Waals surface area contributed by atoms with Gasteiger partial charge in [0.05, 0.1) is 34.1 Å². The topological polar surface area (TPSA) is 145 Å². The number of aromatic nitrogens is 4. The highest BCUT2D eigenvalue weighted by molar-refractivity contribution is 7.92. The minimum atomic E-state index is -3.53. The minimum absolute atomic E-state index is 0.160. The van der Waals surface area contributed by atoms with Gasteiger partial charge in [0.25, 0.3) is 0 Å². The molecule has 0 atom stereocenters. The highest BCUT2D eigenvalue weighted by atomic mass is 35.5. The summed E-state index contributed by atoms with van der Waals surface area (Å²) in [7, 11) is 0.0892. The summed E-state index contributed by atoms with van der Waals surface area (Å²) in [5.74, 6) is 0.768. The quantitative estimate of drug-likeness (QED) is 0.245. The summed E-state index contributed by atoms with van der Waals surface area (Å²) in [4.78, 5) is 22.7. The van der Waals surface area contributed by atoms with Crippen molar-refractivity contribution < 1.29 is 13.2 Å². The summed E-state index contributed by atoms with van der Waals surface area (Å²) >= 11 is 6.32. The van der Waals surface area contributed by atoms with Gasteiger partial charge in [0.2, 0.25) is 11.9 Å². The lowest BCUT2D eigenvalue weighted by atomic mass is 10.2. The van der Waals surface area contributed by atoms with Crippen molar-refractivity contribution in [3.8, 4) is 0 Å².